The number of thioether (sulfide) groups is 1. The highest BCUT2D eigenvalue weighted by Crippen LogP contribution is 2.30. The molecule has 168 valence electrons. The van der Waals surface area contributed by atoms with Gasteiger partial charge in [-0.2, -0.15) is 0 Å². The van der Waals surface area contributed by atoms with Gasteiger partial charge in [-0.15, -0.1) is 0 Å². The number of ether oxygens (including phenoxy) is 2. The third kappa shape index (κ3) is 5.53. The van der Waals surface area contributed by atoms with E-state index in [2.05, 4.69) is 21.8 Å². The maximum Gasteiger partial charge on any atom is 0.234 e. The molecule has 7 heteroatoms. The lowest BCUT2D eigenvalue weighted by atomic mass is 10.2. The van der Waals surface area contributed by atoms with Crippen molar-refractivity contribution in [2.75, 3.05) is 17.7 Å². The normalized spacial score (nSPS) is 15.7. The predicted molar refractivity (Wildman–Crippen MR) is 128 cm³/mol. The van der Waals surface area contributed by atoms with Crippen molar-refractivity contribution in [1.82, 2.24) is 9.55 Å². The molecule has 2 heterocycles. The smallest absolute Gasteiger partial charge is 0.234 e. The summed E-state index contributed by atoms with van der Waals surface area (Å²) in [6, 6.07) is 15.3. The van der Waals surface area contributed by atoms with Crippen molar-refractivity contribution in [2.24, 2.45) is 0 Å². The van der Waals surface area contributed by atoms with Crippen LogP contribution < -0.4 is 10.1 Å². The first kappa shape index (κ1) is 22.4. The lowest BCUT2D eigenvalue weighted by Gasteiger charge is -2.15. The largest absolute Gasteiger partial charge is 0.455 e. The molecule has 1 aliphatic heterocycles. The second-order valence-corrected chi connectivity index (χ2v) is 9.00. The Morgan fingerprint density at radius 2 is 1.97 bits per heavy atom. The molecule has 1 N–H and O–H groups in total. The topological polar surface area (TPSA) is 65.4 Å². The van der Waals surface area contributed by atoms with Gasteiger partial charge in [0.05, 0.1) is 29.8 Å². The van der Waals surface area contributed by atoms with Crippen LogP contribution in [-0.4, -0.2) is 33.9 Å². The lowest BCUT2D eigenvalue weighted by Crippen LogP contribution is -2.18. The number of rotatable bonds is 8. The summed E-state index contributed by atoms with van der Waals surface area (Å²) in [5.74, 6) is 1.51. The van der Waals surface area contributed by atoms with Gasteiger partial charge in [-0.25, -0.2) is 4.98 Å². The van der Waals surface area contributed by atoms with E-state index in [-0.39, 0.29) is 17.8 Å². The highest BCUT2D eigenvalue weighted by atomic mass is 32.2. The zero-order chi connectivity index (χ0) is 22.5. The Hall–Kier alpha value is -2.77. The van der Waals surface area contributed by atoms with Crippen LogP contribution in [0.3, 0.4) is 0 Å². The number of nitrogens with one attached hydrogen (secondary N) is 1. The van der Waals surface area contributed by atoms with E-state index < -0.39 is 0 Å². The summed E-state index contributed by atoms with van der Waals surface area (Å²) >= 11 is 1.45. The van der Waals surface area contributed by atoms with E-state index in [1.54, 1.807) is 0 Å². The Balaban J connectivity index is 1.40. The van der Waals surface area contributed by atoms with E-state index in [9.17, 15) is 4.79 Å². The van der Waals surface area contributed by atoms with E-state index in [0.29, 0.717) is 11.4 Å². The minimum atomic E-state index is -0.100. The number of aromatic nitrogens is 2. The maximum absolute atomic E-state index is 12.7. The summed E-state index contributed by atoms with van der Waals surface area (Å²) in [4.78, 5) is 17.4. The fourth-order valence-corrected chi connectivity index (χ4v) is 4.55. The molecule has 6 nitrogen and oxygen atoms in total. The van der Waals surface area contributed by atoms with Crippen LogP contribution in [0.2, 0.25) is 0 Å². The number of nitrogens with zero attached hydrogens (tertiary/aromatic N) is 2. The van der Waals surface area contributed by atoms with Crippen LogP contribution in [0.4, 0.5) is 5.69 Å². The molecule has 3 aromatic rings. The summed E-state index contributed by atoms with van der Waals surface area (Å²) in [6.07, 6.45) is 2.40. The van der Waals surface area contributed by atoms with Gasteiger partial charge in [-0.05, 0) is 57.9 Å². The number of para-hydroxylation sites is 2. The van der Waals surface area contributed by atoms with Crippen LogP contribution in [0.1, 0.15) is 29.8 Å². The third-order valence-corrected chi connectivity index (χ3v) is 6.55. The van der Waals surface area contributed by atoms with Crippen molar-refractivity contribution < 1.29 is 14.3 Å². The summed E-state index contributed by atoms with van der Waals surface area (Å²) in [5.41, 5.74) is 3.93. The molecule has 0 aliphatic carbocycles. The molecule has 0 bridgehead atoms. The standard InChI is InChI=1S/C25H29N3O3S/c1-17-10-12-20(13-11-17)31-23-9-5-4-8-22(23)27-24(29)16-32-25-26-18(2)19(3)28(25)15-21-7-6-14-30-21/h4-5,8-13,21H,6-7,14-16H2,1-3H3,(H,27,29)/t21-/m1/s1. The minimum absolute atomic E-state index is 0.100. The monoisotopic (exact) mass is 451 g/mol. The van der Waals surface area contributed by atoms with Crippen LogP contribution in [-0.2, 0) is 16.1 Å². The molecule has 4 rings (SSSR count). The molecule has 0 radical (unpaired) electrons. The zero-order valence-electron chi connectivity index (χ0n) is 18.8. The molecule has 0 spiro atoms. The first-order chi connectivity index (χ1) is 15.5. The Kier molecular flexibility index (Phi) is 7.17. The molecule has 1 aliphatic rings. The van der Waals surface area contributed by atoms with Crippen LogP contribution in [0.5, 0.6) is 11.5 Å². The number of benzene rings is 2. The van der Waals surface area contributed by atoms with E-state index in [0.717, 1.165) is 48.3 Å². The molecule has 0 saturated carbocycles. The van der Waals surface area contributed by atoms with Gasteiger partial charge in [0.2, 0.25) is 5.91 Å². The van der Waals surface area contributed by atoms with Gasteiger partial charge >= 0.3 is 0 Å². The number of anilines is 1. The van der Waals surface area contributed by atoms with E-state index in [4.69, 9.17) is 9.47 Å². The first-order valence-corrected chi connectivity index (χ1v) is 11.9. The van der Waals surface area contributed by atoms with Gasteiger partial charge < -0.3 is 19.4 Å². The van der Waals surface area contributed by atoms with Crippen molar-refractivity contribution in [3.05, 3.63) is 65.5 Å². The first-order valence-electron chi connectivity index (χ1n) is 10.9. The van der Waals surface area contributed by atoms with Gasteiger partial charge in [0, 0.05) is 12.3 Å². The molecule has 32 heavy (non-hydrogen) atoms. The van der Waals surface area contributed by atoms with Crippen LogP contribution >= 0.6 is 11.8 Å². The molecule has 1 amide bonds. The average Bonchev–Trinajstić information content (AvgIpc) is 3.39. The van der Waals surface area contributed by atoms with Gasteiger partial charge in [0.1, 0.15) is 5.75 Å². The molecule has 0 unspecified atom stereocenters. The van der Waals surface area contributed by atoms with Crippen LogP contribution in [0.25, 0.3) is 0 Å². The lowest BCUT2D eigenvalue weighted by molar-refractivity contribution is -0.113. The number of aryl methyl sites for hydroxylation is 2. The number of carbonyl (C=O) groups is 1. The summed E-state index contributed by atoms with van der Waals surface area (Å²) < 4.78 is 14.0. The zero-order valence-corrected chi connectivity index (χ0v) is 19.6. The van der Waals surface area contributed by atoms with E-state index in [1.807, 2.05) is 62.4 Å². The van der Waals surface area contributed by atoms with E-state index >= 15 is 0 Å². The molecule has 2 aromatic carbocycles. The summed E-state index contributed by atoms with van der Waals surface area (Å²) in [7, 11) is 0. The average molecular weight is 452 g/mol. The van der Waals surface area contributed by atoms with Crippen molar-refractivity contribution in [2.45, 2.75) is 51.4 Å². The molecule has 1 atom stereocenters. The van der Waals surface area contributed by atoms with Gasteiger partial charge in [-0.1, -0.05) is 41.6 Å². The van der Waals surface area contributed by atoms with Crippen LogP contribution in [0, 0.1) is 20.8 Å². The number of imidazole rings is 1. The van der Waals surface area contributed by atoms with Crippen molar-refractivity contribution in [1.29, 1.82) is 0 Å². The summed E-state index contributed by atoms with van der Waals surface area (Å²) in [5, 5.41) is 3.84. The minimum Gasteiger partial charge on any atom is -0.455 e. The maximum atomic E-state index is 12.7. The number of hydrogen-bond acceptors (Lipinski definition) is 5. The highest BCUT2D eigenvalue weighted by molar-refractivity contribution is 7.99. The molecule has 1 aromatic heterocycles. The predicted octanol–water partition coefficient (Wildman–Crippen LogP) is 5.51. The van der Waals surface area contributed by atoms with Gasteiger partial charge in [0.25, 0.3) is 0 Å². The van der Waals surface area contributed by atoms with E-state index in [1.165, 1.54) is 17.3 Å². The molecular formula is C25H29N3O3S. The third-order valence-electron chi connectivity index (χ3n) is 5.58. The molecular weight excluding hydrogens is 422 g/mol. The Morgan fingerprint density at radius 3 is 2.72 bits per heavy atom. The Labute approximate surface area is 193 Å². The summed E-state index contributed by atoms with van der Waals surface area (Å²) in [6.45, 7) is 7.71. The number of carbonyl (C=O) groups excluding carboxylic acids is 1. The highest BCUT2D eigenvalue weighted by Gasteiger charge is 2.21. The fourth-order valence-electron chi connectivity index (χ4n) is 3.65. The SMILES string of the molecule is Cc1ccc(Oc2ccccc2NC(=O)CSc2nc(C)c(C)n2C[C@H]2CCCO2)cc1. The Bertz CT molecular complexity index is 1070. The Morgan fingerprint density at radius 1 is 1.19 bits per heavy atom. The number of hydrogen-bond donors (Lipinski definition) is 1. The quantitative estimate of drug-likeness (QED) is 0.458. The van der Waals surface area contributed by atoms with Crippen molar-refractivity contribution in [3.8, 4) is 11.5 Å². The second kappa shape index (κ2) is 10.2. The van der Waals surface area contributed by atoms with Gasteiger partial charge in [-0.3, -0.25) is 4.79 Å². The number of amides is 1. The second-order valence-electron chi connectivity index (χ2n) is 8.06. The molecule has 1 fully saturated rings. The fraction of sp³-hybridized carbons (Fsp3) is 0.360. The van der Waals surface area contributed by atoms with Gasteiger partial charge in [0.15, 0.2) is 10.9 Å². The van der Waals surface area contributed by atoms with Crippen molar-refractivity contribution >= 4 is 23.4 Å². The molecule has 1 saturated heterocycles. The van der Waals surface area contributed by atoms with Crippen LogP contribution in [0.15, 0.2) is 53.7 Å². The van der Waals surface area contributed by atoms with Crippen molar-refractivity contribution in [3.63, 3.8) is 0 Å².